The third kappa shape index (κ3) is 5.10. The highest BCUT2D eigenvalue weighted by Crippen LogP contribution is 2.28. The van der Waals surface area contributed by atoms with Crippen LogP contribution in [0.5, 0.6) is 0 Å². The van der Waals surface area contributed by atoms with Crippen LogP contribution in [-0.2, 0) is 14.8 Å². The minimum Gasteiger partial charge on any atom is -0.382 e. The molecule has 9 nitrogen and oxygen atoms in total. The molecule has 1 N–H and O–H groups in total. The highest BCUT2D eigenvalue weighted by molar-refractivity contribution is 7.89. The smallest absolute Gasteiger partial charge is 0.287 e. The van der Waals surface area contributed by atoms with Gasteiger partial charge in [0.25, 0.3) is 5.56 Å². The van der Waals surface area contributed by atoms with E-state index >= 15 is 0 Å². The molecule has 3 heterocycles. The van der Waals surface area contributed by atoms with Crippen molar-refractivity contribution in [1.29, 1.82) is 5.26 Å². The summed E-state index contributed by atoms with van der Waals surface area (Å²) in [4.78, 5) is 12.4. The summed E-state index contributed by atoms with van der Waals surface area (Å²) in [5.41, 5.74) is 0.0679. The van der Waals surface area contributed by atoms with Gasteiger partial charge in [-0.1, -0.05) is 11.6 Å². The van der Waals surface area contributed by atoms with Gasteiger partial charge >= 0.3 is 0 Å². The molecule has 2 saturated heterocycles. The van der Waals surface area contributed by atoms with Gasteiger partial charge in [0.1, 0.15) is 15.7 Å². The first kappa shape index (κ1) is 24.6. The molecule has 182 valence electrons. The van der Waals surface area contributed by atoms with E-state index < -0.39 is 26.3 Å². The number of nitrogens with zero attached hydrogens (tertiary/aromatic N) is 4. The highest BCUT2D eigenvalue weighted by Gasteiger charge is 2.33. The van der Waals surface area contributed by atoms with E-state index in [1.165, 1.54) is 21.3 Å². The minimum atomic E-state index is -4.07. The lowest BCUT2D eigenvalue weighted by molar-refractivity contribution is 0.0595. The van der Waals surface area contributed by atoms with Crippen LogP contribution in [0.3, 0.4) is 0 Å². The molecule has 1 aromatic heterocycles. The maximum atomic E-state index is 14.3. The van der Waals surface area contributed by atoms with Crippen molar-refractivity contribution in [1.82, 2.24) is 14.1 Å². The third-order valence-corrected chi connectivity index (χ3v) is 8.52. The van der Waals surface area contributed by atoms with Crippen LogP contribution in [0.4, 0.5) is 10.1 Å². The highest BCUT2D eigenvalue weighted by atomic mass is 35.5. The summed E-state index contributed by atoms with van der Waals surface area (Å²) in [7, 11) is -4.07. The lowest BCUT2D eigenvalue weighted by atomic mass is 10.0. The van der Waals surface area contributed by atoms with Gasteiger partial charge in [-0.25, -0.2) is 17.5 Å². The zero-order valence-corrected chi connectivity index (χ0v) is 20.0. The van der Waals surface area contributed by atoms with E-state index in [9.17, 15) is 17.6 Å². The van der Waals surface area contributed by atoms with Crippen molar-refractivity contribution in [3.05, 3.63) is 51.2 Å². The predicted octanol–water partition coefficient (Wildman–Crippen LogP) is 2.77. The molecule has 1 atom stereocenters. The molecule has 2 fully saturated rings. The fourth-order valence-electron chi connectivity index (χ4n) is 4.30. The lowest BCUT2D eigenvalue weighted by Crippen LogP contribution is -2.41. The molecule has 12 heteroatoms. The molecule has 0 amide bonds. The zero-order chi connectivity index (χ0) is 24.3. The van der Waals surface area contributed by atoms with Crippen molar-refractivity contribution in [3.8, 4) is 6.07 Å². The number of benzene rings is 1. The summed E-state index contributed by atoms with van der Waals surface area (Å²) in [6, 6.07) is 4.73. The summed E-state index contributed by atoms with van der Waals surface area (Å²) in [6.07, 6.45) is 4.22. The molecular weight excluding hydrogens is 485 g/mol. The largest absolute Gasteiger partial charge is 0.382 e. The number of hydrogen-bond donors (Lipinski definition) is 1. The van der Waals surface area contributed by atoms with E-state index in [0.29, 0.717) is 37.6 Å². The van der Waals surface area contributed by atoms with Gasteiger partial charge < -0.3 is 10.1 Å². The van der Waals surface area contributed by atoms with Crippen LogP contribution in [0.2, 0.25) is 5.02 Å². The Labute approximate surface area is 202 Å². The molecule has 2 aliphatic heterocycles. The van der Waals surface area contributed by atoms with Gasteiger partial charge in [-0.05, 0) is 49.8 Å². The van der Waals surface area contributed by atoms with Crippen LogP contribution in [0, 0.1) is 23.1 Å². The molecule has 0 unspecified atom stereocenters. The average molecular weight is 510 g/mol. The number of sulfonamides is 1. The average Bonchev–Trinajstić information content (AvgIpc) is 2.85. The number of piperidine rings is 1. The SMILES string of the molecule is N#Cc1ccc(S(=O)(=O)N2CCC(n3ncc(NC[C@@H]4CCCOC4)c(Cl)c3=O)CC2)c(F)c1. The number of aromatic nitrogens is 2. The number of ether oxygens (including phenoxy) is 1. The first-order valence-electron chi connectivity index (χ1n) is 11.1. The molecule has 4 rings (SSSR count). The Balaban J connectivity index is 1.42. The van der Waals surface area contributed by atoms with Crippen molar-refractivity contribution < 1.29 is 17.5 Å². The number of nitrogens with one attached hydrogen (secondary N) is 1. The number of halogens is 2. The maximum Gasteiger partial charge on any atom is 0.287 e. The van der Waals surface area contributed by atoms with Crippen molar-refractivity contribution in [2.24, 2.45) is 5.92 Å². The van der Waals surface area contributed by atoms with Crippen molar-refractivity contribution in [2.45, 2.75) is 36.6 Å². The fourth-order valence-corrected chi connectivity index (χ4v) is 6.01. The molecule has 1 aromatic carbocycles. The quantitative estimate of drug-likeness (QED) is 0.636. The van der Waals surface area contributed by atoms with Gasteiger partial charge in [0.05, 0.1) is 36.2 Å². The number of anilines is 1. The monoisotopic (exact) mass is 509 g/mol. The van der Waals surface area contributed by atoms with Crippen molar-refractivity contribution in [2.75, 3.05) is 38.2 Å². The van der Waals surface area contributed by atoms with E-state index in [-0.39, 0.29) is 29.7 Å². The van der Waals surface area contributed by atoms with Crippen LogP contribution >= 0.6 is 11.6 Å². The molecule has 0 aliphatic carbocycles. The van der Waals surface area contributed by atoms with Crippen LogP contribution in [-0.4, -0.2) is 55.4 Å². The second-order valence-corrected chi connectivity index (χ2v) is 10.8. The molecule has 34 heavy (non-hydrogen) atoms. The van der Waals surface area contributed by atoms with Gasteiger partial charge in [0.15, 0.2) is 0 Å². The van der Waals surface area contributed by atoms with Crippen molar-refractivity contribution >= 4 is 27.3 Å². The third-order valence-electron chi connectivity index (χ3n) is 6.23. The first-order valence-corrected chi connectivity index (χ1v) is 12.9. The van der Waals surface area contributed by atoms with Gasteiger partial charge in [-0.15, -0.1) is 0 Å². The summed E-state index contributed by atoms with van der Waals surface area (Å²) >= 11 is 6.32. The zero-order valence-electron chi connectivity index (χ0n) is 18.4. The molecule has 0 spiro atoms. The molecule has 2 aliphatic rings. The Morgan fingerprint density at radius 1 is 1.29 bits per heavy atom. The molecule has 0 radical (unpaired) electrons. The van der Waals surface area contributed by atoms with Crippen LogP contribution in [0.15, 0.2) is 34.1 Å². The normalized spacial score (nSPS) is 20.1. The van der Waals surface area contributed by atoms with E-state index in [2.05, 4.69) is 10.4 Å². The minimum absolute atomic E-state index is 0.0430. The summed E-state index contributed by atoms with van der Waals surface area (Å²) in [5.74, 6) is -0.617. The van der Waals surface area contributed by atoms with E-state index in [1.807, 2.05) is 0 Å². The Morgan fingerprint density at radius 3 is 2.71 bits per heavy atom. The molecule has 0 saturated carbocycles. The summed E-state index contributed by atoms with van der Waals surface area (Å²) in [5, 5.41) is 16.4. The second kappa shape index (κ2) is 10.4. The Morgan fingerprint density at radius 2 is 2.06 bits per heavy atom. The molecular formula is C22H25ClFN5O4S. The first-order chi connectivity index (χ1) is 16.3. The van der Waals surface area contributed by atoms with Gasteiger partial charge in [-0.3, -0.25) is 4.79 Å². The van der Waals surface area contributed by atoms with Crippen LogP contribution in [0.25, 0.3) is 0 Å². The maximum absolute atomic E-state index is 14.3. The van der Waals surface area contributed by atoms with Gasteiger partial charge in [0.2, 0.25) is 10.0 Å². The van der Waals surface area contributed by atoms with Gasteiger partial charge in [0, 0.05) is 26.2 Å². The van der Waals surface area contributed by atoms with E-state index in [0.717, 1.165) is 31.6 Å². The number of hydrogen-bond acceptors (Lipinski definition) is 7. The number of rotatable bonds is 6. The Bertz CT molecular complexity index is 1250. The fraction of sp³-hybridized carbons (Fsp3) is 0.500. The van der Waals surface area contributed by atoms with Crippen LogP contribution in [0.1, 0.15) is 37.3 Å². The lowest BCUT2D eigenvalue weighted by Gasteiger charge is -2.31. The van der Waals surface area contributed by atoms with Crippen molar-refractivity contribution in [3.63, 3.8) is 0 Å². The molecule has 2 aromatic rings. The van der Waals surface area contributed by atoms with Crippen LogP contribution < -0.4 is 10.9 Å². The second-order valence-electron chi connectivity index (χ2n) is 8.48. The Kier molecular flexibility index (Phi) is 7.52. The summed E-state index contributed by atoms with van der Waals surface area (Å²) < 4.78 is 48.0. The van der Waals surface area contributed by atoms with Gasteiger partial charge in [-0.2, -0.15) is 14.7 Å². The van der Waals surface area contributed by atoms with E-state index in [1.54, 1.807) is 6.07 Å². The molecule has 0 bridgehead atoms. The van der Waals surface area contributed by atoms with E-state index in [4.69, 9.17) is 21.6 Å². The number of nitriles is 1. The summed E-state index contributed by atoms with van der Waals surface area (Å²) in [6.45, 7) is 2.27. The standard InChI is InChI=1S/C22H25ClFN5O4S/c23-21-19(26-12-16-2-1-9-33-14-16)13-27-29(22(21)30)17-5-7-28(8-6-17)34(31,32)20-4-3-15(11-25)10-18(20)24/h3-4,10,13,16-17,26H,1-2,5-9,12,14H2/t16-/m0/s1. The topological polar surface area (TPSA) is 117 Å². The predicted molar refractivity (Wildman–Crippen MR) is 124 cm³/mol. The Hall–Kier alpha value is -2.52.